The minimum atomic E-state index is -1.90. The molecule has 28 heteroatoms. The molecule has 0 aliphatic carbocycles. The Balaban J connectivity index is 1.59. The highest BCUT2D eigenvalue weighted by Crippen LogP contribution is 2.35. The topological polar surface area (TPSA) is 435 Å². The van der Waals surface area contributed by atoms with Crippen LogP contribution in [0.25, 0.3) is 16.7 Å². The lowest BCUT2D eigenvalue weighted by Gasteiger charge is -2.33. The molecule has 7 bridgehead atoms. The van der Waals surface area contributed by atoms with Crippen LogP contribution in [0.3, 0.4) is 0 Å². The fourth-order valence-electron chi connectivity index (χ4n) is 10.2. The number of carbonyl (C=O) groups is 11. The molecule has 2 aromatic heterocycles. The summed E-state index contributed by atoms with van der Waals surface area (Å²) >= 11 is 0. The Bertz CT molecular complexity index is 2910. The zero-order valence-corrected chi connectivity index (χ0v) is 46.2. The summed E-state index contributed by atoms with van der Waals surface area (Å²) in [7, 11) is 0. The molecule has 9 amide bonds. The van der Waals surface area contributed by atoms with Crippen molar-refractivity contribution < 1.29 is 63.0 Å². The highest BCUT2D eigenvalue weighted by Gasteiger charge is 2.41. The number of H-pyrrole nitrogens is 1. The number of guanidine groups is 1. The van der Waals surface area contributed by atoms with Crippen LogP contribution >= 0.6 is 0 Å². The molecule has 7 rings (SSSR count). The number of hydrogen-bond acceptors (Lipinski definition) is 13. The number of amides is 9. The Morgan fingerprint density at radius 1 is 0.815 bits per heavy atom. The Morgan fingerprint density at radius 3 is 2.17 bits per heavy atom. The van der Waals surface area contributed by atoms with Crippen LogP contribution in [0.5, 0.6) is 0 Å². The first-order chi connectivity index (χ1) is 38.4. The van der Waals surface area contributed by atoms with E-state index in [1.165, 1.54) is 17.1 Å². The standard InChI is InChI=1S/C53H75N15O13/c1-7-25(5)16-34-49(77)66-42(26(6)8-2)50(78)64-36-19-30-29-12-11-27(41(24(3)4)43(51(79)63-34)67-46(74)32-13-14-38(69)59-32)17-33(29)61-44(30)68-22-28(58-23-68)18-35(47(75)65-37(52(80)81)20-40(71)72)60-39(70)21-57-45(73)31(62-48(36)76)10-9-15-56-53(54)55/h11-12,17,22-26,31-32,34-37,41-43,61H,7-10,13-16,18-21H2,1-6H3,(H,57,73)(H,59,69)(H,60,70)(H,62,76)(H,63,79)(H,64,78)(H,65,75)(H,66,77)(H,67,74)(H,71,72)(H,80,81)(H4,54,55,56)/t25?,26?,31-,32-,34-,35?,36-,37?,41+,42-,43-/m0/s1. The second kappa shape index (κ2) is 27.5. The molecule has 6 heterocycles. The summed E-state index contributed by atoms with van der Waals surface area (Å²) in [6.45, 7) is 10.3. The number of hydrogen-bond donors (Lipinski definition) is 14. The first-order valence-corrected chi connectivity index (χ1v) is 27.2. The van der Waals surface area contributed by atoms with Gasteiger partial charge in [-0.1, -0.05) is 66.5 Å². The molecule has 1 fully saturated rings. The van der Waals surface area contributed by atoms with E-state index in [0.717, 1.165) is 0 Å². The minimum absolute atomic E-state index is 0.0182. The van der Waals surface area contributed by atoms with Crippen molar-refractivity contribution >= 4 is 82.0 Å². The molecule has 440 valence electrons. The van der Waals surface area contributed by atoms with Crippen molar-refractivity contribution in [2.75, 3.05) is 13.1 Å². The van der Waals surface area contributed by atoms with Gasteiger partial charge in [0.25, 0.3) is 0 Å². The maximum absolute atomic E-state index is 15.1. The first-order valence-electron chi connectivity index (χ1n) is 27.2. The lowest BCUT2D eigenvalue weighted by atomic mass is 9.81. The van der Waals surface area contributed by atoms with Gasteiger partial charge in [-0.25, -0.2) is 9.78 Å². The van der Waals surface area contributed by atoms with Gasteiger partial charge in [-0.15, -0.1) is 0 Å². The lowest BCUT2D eigenvalue weighted by molar-refractivity contribution is -0.147. The van der Waals surface area contributed by atoms with E-state index in [1.54, 1.807) is 32.0 Å². The van der Waals surface area contributed by atoms with Gasteiger partial charge in [0.1, 0.15) is 60.5 Å². The molecule has 3 aromatic rings. The lowest BCUT2D eigenvalue weighted by Crippen LogP contribution is -2.61. The molecule has 4 aliphatic rings. The summed E-state index contributed by atoms with van der Waals surface area (Å²) in [5.74, 6) is -12.0. The van der Waals surface area contributed by atoms with Crippen molar-refractivity contribution in [3.63, 3.8) is 0 Å². The van der Waals surface area contributed by atoms with Crippen molar-refractivity contribution in [2.45, 2.75) is 160 Å². The zero-order valence-electron chi connectivity index (χ0n) is 46.2. The monoisotopic (exact) mass is 1130 g/mol. The number of benzene rings is 1. The van der Waals surface area contributed by atoms with Crippen LogP contribution in [0.4, 0.5) is 0 Å². The quantitative estimate of drug-likeness (QED) is 0.0304. The number of aliphatic carboxylic acids is 2. The first kappa shape index (κ1) is 61.6. The molecule has 1 aromatic carbocycles. The molecule has 4 aliphatic heterocycles. The number of imidazole rings is 1. The summed E-state index contributed by atoms with van der Waals surface area (Å²) in [4.78, 5) is 163. The van der Waals surface area contributed by atoms with E-state index in [2.05, 4.69) is 62.8 Å². The number of nitrogens with zero attached hydrogens (tertiary/aromatic N) is 3. The van der Waals surface area contributed by atoms with Crippen LogP contribution in [0.15, 0.2) is 35.7 Å². The highest BCUT2D eigenvalue weighted by molar-refractivity contribution is 6.00. The second-order valence-corrected chi connectivity index (χ2v) is 21.4. The third-order valence-electron chi connectivity index (χ3n) is 15.0. The molecule has 11 atom stereocenters. The predicted octanol–water partition coefficient (Wildman–Crippen LogP) is -1.91. The Hall–Kier alpha value is -8.59. The van der Waals surface area contributed by atoms with E-state index in [0.29, 0.717) is 34.9 Å². The smallest absolute Gasteiger partial charge is 0.326 e. The zero-order chi connectivity index (χ0) is 59.4. The largest absolute Gasteiger partial charge is 0.481 e. The van der Waals surface area contributed by atoms with E-state index >= 15 is 9.59 Å². The molecule has 16 N–H and O–H groups in total. The van der Waals surface area contributed by atoms with Crippen molar-refractivity contribution in [1.29, 1.82) is 0 Å². The van der Waals surface area contributed by atoms with Gasteiger partial charge in [0.05, 0.1) is 18.7 Å². The van der Waals surface area contributed by atoms with Crippen LogP contribution < -0.4 is 59.3 Å². The van der Waals surface area contributed by atoms with Crippen molar-refractivity contribution in [3.05, 3.63) is 47.5 Å². The third-order valence-corrected chi connectivity index (χ3v) is 15.0. The van der Waals surface area contributed by atoms with Crippen molar-refractivity contribution in [3.8, 4) is 5.82 Å². The van der Waals surface area contributed by atoms with Gasteiger partial charge in [-0.2, -0.15) is 0 Å². The highest BCUT2D eigenvalue weighted by atomic mass is 16.4. The maximum Gasteiger partial charge on any atom is 0.326 e. The number of rotatable bonds is 17. The fourth-order valence-corrected chi connectivity index (χ4v) is 10.2. The van der Waals surface area contributed by atoms with E-state index < -0.39 is 139 Å². The number of carbonyl (C=O) groups excluding carboxylic acids is 9. The molecule has 0 spiro atoms. The summed E-state index contributed by atoms with van der Waals surface area (Å²) < 4.78 is 1.52. The van der Waals surface area contributed by atoms with E-state index in [-0.39, 0.29) is 80.3 Å². The summed E-state index contributed by atoms with van der Waals surface area (Å²) in [6.07, 6.45) is 2.55. The van der Waals surface area contributed by atoms with Gasteiger partial charge >= 0.3 is 11.9 Å². The molecular formula is C53H75N15O13. The minimum Gasteiger partial charge on any atom is -0.481 e. The number of aliphatic imine (C=N–C) groups is 1. The molecule has 0 saturated carbocycles. The molecule has 81 heavy (non-hydrogen) atoms. The summed E-state index contributed by atoms with van der Waals surface area (Å²) in [5, 5.41) is 43.7. The average Bonchev–Trinajstić information content (AvgIpc) is 4.40. The fraction of sp³-hybridized carbons (Fsp3) is 0.566. The summed E-state index contributed by atoms with van der Waals surface area (Å²) in [6, 6.07) is -5.98. The van der Waals surface area contributed by atoms with E-state index in [4.69, 9.17) is 11.5 Å². The average molecular weight is 1130 g/mol. The van der Waals surface area contributed by atoms with Crippen LogP contribution in [-0.2, 0) is 65.6 Å². The molecule has 1 saturated heterocycles. The Morgan fingerprint density at radius 2 is 1.53 bits per heavy atom. The number of aromatic nitrogens is 3. The van der Waals surface area contributed by atoms with Gasteiger partial charge in [-0.3, -0.25) is 57.5 Å². The predicted molar refractivity (Wildman–Crippen MR) is 291 cm³/mol. The number of aromatic amines is 1. The second-order valence-electron chi connectivity index (χ2n) is 21.4. The van der Waals surface area contributed by atoms with Crippen LogP contribution in [0, 0.1) is 17.8 Å². The van der Waals surface area contributed by atoms with Crippen LogP contribution in [0.2, 0.25) is 0 Å². The van der Waals surface area contributed by atoms with Crippen molar-refractivity contribution in [1.82, 2.24) is 62.4 Å². The van der Waals surface area contributed by atoms with E-state index in [9.17, 15) is 53.4 Å². The van der Waals surface area contributed by atoms with Gasteiger partial charge in [0.15, 0.2) is 5.96 Å². The van der Waals surface area contributed by atoms with E-state index in [1.807, 2.05) is 27.7 Å². The van der Waals surface area contributed by atoms with Gasteiger partial charge < -0.3 is 74.5 Å². The summed E-state index contributed by atoms with van der Waals surface area (Å²) in [5.41, 5.74) is 12.6. The van der Waals surface area contributed by atoms with Gasteiger partial charge in [0, 0.05) is 54.4 Å². The molecular weight excluding hydrogens is 1050 g/mol. The maximum atomic E-state index is 15.1. The number of nitrogens with two attached hydrogens (primary N) is 2. The third kappa shape index (κ3) is 16.0. The number of carboxylic acids is 2. The van der Waals surface area contributed by atoms with Crippen LogP contribution in [0.1, 0.15) is 116 Å². The normalized spacial score (nSPS) is 24.3. The number of carboxylic acid groups (broad SMARTS) is 2. The Labute approximate surface area is 466 Å². The number of nitrogens with one attached hydrogen (secondary N) is 10. The SMILES string of the molecule is CCC(C)C[C@@H]1NC(=O)[C@@H](NC(=O)[C@@H]2CCC(=O)N2)[C@H](C(C)C)c2ccc3c4c([nH]c3c2)-n2cnc(c2)CC(C(=O)NC(CC(=O)O)C(=O)O)NC(=O)CNC(=O)[C@H](CCCN=C(N)N)NC(=O)[C@H](C4)NC(=O)[C@H](C(C)CC)NC1=O. The van der Waals surface area contributed by atoms with Crippen LogP contribution in [-0.4, -0.2) is 157 Å². The van der Waals surface area contributed by atoms with Crippen molar-refractivity contribution in [2.24, 2.45) is 34.2 Å². The Kier molecular flexibility index (Phi) is 20.9. The molecule has 4 unspecified atom stereocenters. The molecule has 28 nitrogen and oxygen atoms in total. The number of fused-ring (bicyclic) bond motifs is 13. The van der Waals surface area contributed by atoms with Gasteiger partial charge in [-0.05, 0) is 55.1 Å². The molecule has 0 radical (unpaired) electrons. The van der Waals surface area contributed by atoms with Gasteiger partial charge in [0.2, 0.25) is 53.2 Å².